The number of rotatable bonds is 15. The minimum atomic E-state index is 0.115. The molecule has 1 radical (unpaired) electrons. The van der Waals surface area contributed by atoms with E-state index in [1.165, 1.54) is 38.5 Å². The molecule has 0 fully saturated rings. The lowest BCUT2D eigenvalue weighted by atomic mass is 9.95. The van der Waals surface area contributed by atoms with Gasteiger partial charge in [0.05, 0.1) is 0 Å². The fourth-order valence-electron chi connectivity index (χ4n) is 3.44. The summed E-state index contributed by atoms with van der Waals surface area (Å²) in [5.41, 5.74) is 0. The predicted octanol–water partition coefficient (Wildman–Crippen LogP) is 6.13. The predicted molar refractivity (Wildman–Crippen MR) is 114 cm³/mol. The summed E-state index contributed by atoms with van der Waals surface area (Å²) in [6.07, 6.45) is 9.58. The van der Waals surface area contributed by atoms with Gasteiger partial charge in [0.25, 0.3) is 5.91 Å². The van der Waals surface area contributed by atoms with Crippen molar-refractivity contribution in [3.8, 4) is 5.75 Å². The van der Waals surface area contributed by atoms with E-state index in [0.717, 1.165) is 25.9 Å². The molecule has 0 heterocycles. The van der Waals surface area contributed by atoms with E-state index in [9.17, 15) is 4.79 Å². The quantitative estimate of drug-likeness (QED) is 0.370. The Bertz CT molecular complexity index is 470. The Balaban J connectivity index is 2.72. The lowest BCUT2D eigenvalue weighted by Gasteiger charge is -2.30. The standard InChI is InChI=1S/C24H40NO2/c1-5-9-14-21(7-3)18-25(19-22(8-4)15-10-6-2)24(26)20-27-23-16-12-11-13-17-23/h11-12,16-17,21-22H,5-10,14-15,18-20H2,1-4H3. The molecule has 0 saturated heterocycles. The molecule has 2 atom stereocenters. The monoisotopic (exact) mass is 374 g/mol. The lowest BCUT2D eigenvalue weighted by molar-refractivity contribution is -0.134. The molecule has 3 nitrogen and oxygen atoms in total. The van der Waals surface area contributed by atoms with Crippen LogP contribution in [0.5, 0.6) is 5.75 Å². The van der Waals surface area contributed by atoms with Gasteiger partial charge in [0.1, 0.15) is 5.75 Å². The highest BCUT2D eigenvalue weighted by Crippen LogP contribution is 2.19. The molecule has 153 valence electrons. The van der Waals surface area contributed by atoms with Crippen LogP contribution in [0.4, 0.5) is 0 Å². The number of carbonyl (C=O) groups excluding carboxylic acids is 1. The first-order valence-corrected chi connectivity index (χ1v) is 11.0. The van der Waals surface area contributed by atoms with Gasteiger partial charge in [-0.15, -0.1) is 0 Å². The molecule has 0 spiro atoms. The molecule has 1 aromatic carbocycles. The summed E-state index contributed by atoms with van der Waals surface area (Å²) < 4.78 is 5.72. The minimum absolute atomic E-state index is 0.115. The highest BCUT2D eigenvalue weighted by Gasteiger charge is 2.21. The Labute approximate surface area is 167 Å². The topological polar surface area (TPSA) is 29.5 Å². The molecule has 27 heavy (non-hydrogen) atoms. The number of amides is 1. The molecule has 3 heteroatoms. The highest BCUT2D eigenvalue weighted by molar-refractivity contribution is 5.77. The molecule has 2 unspecified atom stereocenters. The molecule has 0 aliphatic carbocycles. The average Bonchev–Trinajstić information content (AvgIpc) is 2.71. The van der Waals surface area contributed by atoms with Crippen molar-refractivity contribution in [2.75, 3.05) is 19.7 Å². The van der Waals surface area contributed by atoms with E-state index < -0.39 is 0 Å². The van der Waals surface area contributed by atoms with E-state index >= 15 is 0 Å². The fourth-order valence-corrected chi connectivity index (χ4v) is 3.44. The fraction of sp³-hybridized carbons (Fsp3) is 0.708. The van der Waals surface area contributed by atoms with Crippen LogP contribution in [0.15, 0.2) is 24.3 Å². The number of nitrogens with zero attached hydrogens (tertiary/aromatic N) is 1. The van der Waals surface area contributed by atoms with Gasteiger partial charge < -0.3 is 9.64 Å². The summed E-state index contributed by atoms with van der Waals surface area (Å²) in [7, 11) is 0. The van der Waals surface area contributed by atoms with Gasteiger partial charge in [-0.2, -0.15) is 0 Å². The normalized spacial score (nSPS) is 13.2. The summed E-state index contributed by atoms with van der Waals surface area (Å²) in [6, 6.07) is 10.4. The Hall–Kier alpha value is -1.51. The van der Waals surface area contributed by atoms with Crippen molar-refractivity contribution < 1.29 is 9.53 Å². The SMILES string of the molecule is CCCCC(CC)CN(CC(CC)CCCC)C(=O)COc1c[c]ccc1. The third kappa shape index (κ3) is 9.83. The van der Waals surface area contributed by atoms with Gasteiger partial charge in [0, 0.05) is 13.1 Å². The van der Waals surface area contributed by atoms with Crippen LogP contribution < -0.4 is 4.74 Å². The van der Waals surface area contributed by atoms with Crippen molar-refractivity contribution in [1.82, 2.24) is 4.90 Å². The second-order valence-electron chi connectivity index (χ2n) is 7.66. The van der Waals surface area contributed by atoms with Crippen molar-refractivity contribution in [3.63, 3.8) is 0 Å². The smallest absolute Gasteiger partial charge is 0.260 e. The molecule has 0 aliphatic heterocycles. The van der Waals surface area contributed by atoms with Gasteiger partial charge in [0.2, 0.25) is 0 Å². The van der Waals surface area contributed by atoms with E-state index in [1.54, 1.807) is 6.07 Å². The number of benzene rings is 1. The Morgan fingerprint density at radius 3 is 2.07 bits per heavy atom. The Morgan fingerprint density at radius 2 is 1.63 bits per heavy atom. The van der Waals surface area contributed by atoms with Crippen LogP contribution in [0.25, 0.3) is 0 Å². The summed E-state index contributed by atoms with van der Waals surface area (Å²) in [4.78, 5) is 15.0. The zero-order chi connectivity index (χ0) is 19.9. The van der Waals surface area contributed by atoms with Crippen LogP contribution in [0, 0.1) is 17.9 Å². The van der Waals surface area contributed by atoms with Crippen molar-refractivity contribution >= 4 is 5.91 Å². The number of unbranched alkanes of at least 4 members (excludes halogenated alkanes) is 2. The van der Waals surface area contributed by atoms with E-state index in [1.807, 2.05) is 18.2 Å². The van der Waals surface area contributed by atoms with Crippen LogP contribution in [-0.2, 0) is 4.79 Å². The molecular formula is C24H40NO2. The van der Waals surface area contributed by atoms with E-state index in [0.29, 0.717) is 17.6 Å². The molecule has 0 N–H and O–H groups in total. The zero-order valence-corrected chi connectivity index (χ0v) is 18.0. The maximum Gasteiger partial charge on any atom is 0.260 e. The van der Waals surface area contributed by atoms with Gasteiger partial charge in [-0.1, -0.05) is 78.4 Å². The zero-order valence-electron chi connectivity index (χ0n) is 18.0. The third-order valence-electron chi connectivity index (χ3n) is 5.44. The number of hydrogen-bond acceptors (Lipinski definition) is 2. The van der Waals surface area contributed by atoms with Gasteiger partial charge in [-0.3, -0.25) is 4.79 Å². The Kier molecular flexibility index (Phi) is 12.7. The van der Waals surface area contributed by atoms with Gasteiger partial charge in [0.15, 0.2) is 6.61 Å². The molecule has 0 bridgehead atoms. The molecule has 0 aliphatic rings. The Morgan fingerprint density at radius 1 is 1.04 bits per heavy atom. The minimum Gasteiger partial charge on any atom is -0.484 e. The molecule has 1 rings (SSSR count). The lowest BCUT2D eigenvalue weighted by Crippen LogP contribution is -2.41. The molecule has 1 aromatic rings. The number of ether oxygens (including phenoxy) is 1. The first kappa shape index (κ1) is 23.5. The van der Waals surface area contributed by atoms with Gasteiger partial charge >= 0.3 is 0 Å². The maximum atomic E-state index is 13.0. The first-order chi connectivity index (χ1) is 13.1. The van der Waals surface area contributed by atoms with Crippen LogP contribution in [0.3, 0.4) is 0 Å². The summed E-state index contributed by atoms with van der Waals surface area (Å²) in [6.45, 7) is 10.8. The van der Waals surface area contributed by atoms with Crippen LogP contribution >= 0.6 is 0 Å². The van der Waals surface area contributed by atoms with Crippen LogP contribution in [0.1, 0.15) is 79.1 Å². The maximum absolute atomic E-state index is 13.0. The van der Waals surface area contributed by atoms with E-state index in [-0.39, 0.29) is 12.5 Å². The molecular weight excluding hydrogens is 334 g/mol. The summed E-state index contributed by atoms with van der Waals surface area (Å²) >= 11 is 0. The van der Waals surface area contributed by atoms with Gasteiger partial charge in [-0.25, -0.2) is 0 Å². The highest BCUT2D eigenvalue weighted by atomic mass is 16.5. The number of hydrogen-bond donors (Lipinski definition) is 0. The molecule has 1 amide bonds. The average molecular weight is 375 g/mol. The largest absolute Gasteiger partial charge is 0.484 e. The van der Waals surface area contributed by atoms with Crippen molar-refractivity contribution in [2.24, 2.45) is 11.8 Å². The molecule has 0 aromatic heterocycles. The van der Waals surface area contributed by atoms with Crippen LogP contribution in [-0.4, -0.2) is 30.5 Å². The summed E-state index contributed by atoms with van der Waals surface area (Å²) in [5, 5.41) is 0. The second kappa shape index (κ2) is 14.5. The second-order valence-corrected chi connectivity index (χ2v) is 7.66. The summed E-state index contributed by atoms with van der Waals surface area (Å²) in [5.74, 6) is 2.00. The van der Waals surface area contributed by atoms with E-state index in [2.05, 4.69) is 38.7 Å². The van der Waals surface area contributed by atoms with E-state index in [4.69, 9.17) is 4.74 Å². The van der Waals surface area contributed by atoms with Crippen molar-refractivity contribution in [2.45, 2.75) is 79.1 Å². The van der Waals surface area contributed by atoms with Gasteiger partial charge in [-0.05, 0) is 42.9 Å². The molecule has 0 saturated carbocycles. The number of carbonyl (C=O) groups is 1. The van der Waals surface area contributed by atoms with Crippen LogP contribution in [0.2, 0.25) is 0 Å². The van der Waals surface area contributed by atoms with Crippen molar-refractivity contribution in [1.29, 1.82) is 0 Å². The van der Waals surface area contributed by atoms with Crippen molar-refractivity contribution in [3.05, 3.63) is 30.3 Å². The third-order valence-corrected chi connectivity index (χ3v) is 5.44. The first-order valence-electron chi connectivity index (χ1n) is 11.0.